The van der Waals surface area contributed by atoms with E-state index in [0.29, 0.717) is 13.0 Å². The number of halogens is 1. The second kappa shape index (κ2) is 5.21. The van der Waals surface area contributed by atoms with E-state index in [1.165, 1.54) is 11.3 Å². The number of thiophene rings is 1. The summed E-state index contributed by atoms with van der Waals surface area (Å²) in [5, 5.41) is 0. The summed E-state index contributed by atoms with van der Waals surface area (Å²) < 4.78 is 0.753. The van der Waals surface area contributed by atoms with Crippen LogP contribution in [0.3, 0.4) is 0 Å². The zero-order chi connectivity index (χ0) is 12.4. The van der Waals surface area contributed by atoms with E-state index in [2.05, 4.69) is 0 Å². The minimum absolute atomic E-state index is 0.0218. The average Bonchev–Trinajstić information content (AvgIpc) is 2.87. The summed E-state index contributed by atoms with van der Waals surface area (Å²) in [6.07, 6.45) is 4.53. The molecule has 1 aliphatic carbocycles. The van der Waals surface area contributed by atoms with Gasteiger partial charge in [0.2, 0.25) is 5.91 Å². The van der Waals surface area contributed by atoms with Gasteiger partial charge in [0, 0.05) is 18.0 Å². The molecule has 0 aliphatic heterocycles. The lowest BCUT2D eigenvalue weighted by Gasteiger charge is -2.19. The van der Waals surface area contributed by atoms with Crippen molar-refractivity contribution in [2.24, 2.45) is 11.7 Å². The van der Waals surface area contributed by atoms with Gasteiger partial charge in [-0.05, 0) is 18.6 Å². The van der Waals surface area contributed by atoms with Crippen LogP contribution in [0.2, 0.25) is 4.34 Å². The summed E-state index contributed by atoms with van der Waals surface area (Å²) >= 11 is 7.36. The second-order valence-corrected chi connectivity index (χ2v) is 6.09. The van der Waals surface area contributed by atoms with Crippen LogP contribution in [0.5, 0.6) is 0 Å². The van der Waals surface area contributed by atoms with Gasteiger partial charge in [0.1, 0.15) is 0 Å². The molecule has 2 unspecified atom stereocenters. The van der Waals surface area contributed by atoms with Crippen LogP contribution in [-0.2, 0) is 11.3 Å². The molecule has 3 nitrogen and oxygen atoms in total. The summed E-state index contributed by atoms with van der Waals surface area (Å²) in [5.74, 6) is 0.0594. The Kier molecular flexibility index (Phi) is 3.86. The summed E-state index contributed by atoms with van der Waals surface area (Å²) in [6, 6.07) is 3.83. The fourth-order valence-electron chi connectivity index (χ4n) is 1.94. The van der Waals surface area contributed by atoms with Crippen LogP contribution in [0.4, 0.5) is 0 Å². The largest absolute Gasteiger partial charge is 0.340 e. The van der Waals surface area contributed by atoms with Crippen LogP contribution >= 0.6 is 22.9 Å². The SMILES string of the molecule is CN(Cc1ccc(Cl)s1)C(=O)C1C=CC(N)C1. The van der Waals surface area contributed by atoms with E-state index >= 15 is 0 Å². The van der Waals surface area contributed by atoms with Gasteiger partial charge in [0.15, 0.2) is 0 Å². The monoisotopic (exact) mass is 270 g/mol. The molecule has 1 amide bonds. The van der Waals surface area contributed by atoms with Gasteiger partial charge in [-0.2, -0.15) is 0 Å². The summed E-state index contributed by atoms with van der Waals surface area (Å²) in [5.41, 5.74) is 5.75. The van der Waals surface area contributed by atoms with E-state index in [1.807, 2.05) is 31.3 Å². The van der Waals surface area contributed by atoms with Crippen molar-refractivity contribution < 1.29 is 4.79 Å². The Bertz CT molecular complexity index is 443. The van der Waals surface area contributed by atoms with Crippen LogP contribution in [0.25, 0.3) is 0 Å². The molecule has 5 heteroatoms. The number of amides is 1. The zero-order valence-electron chi connectivity index (χ0n) is 9.60. The van der Waals surface area contributed by atoms with Crippen molar-refractivity contribution in [1.82, 2.24) is 4.90 Å². The molecule has 0 fully saturated rings. The van der Waals surface area contributed by atoms with E-state index < -0.39 is 0 Å². The average molecular weight is 271 g/mol. The molecule has 1 aromatic rings. The van der Waals surface area contributed by atoms with Crippen molar-refractivity contribution in [3.63, 3.8) is 0 Å². The summed E-state index contributed by atoms with van der Waals surface area (Å²) in [7, 11) is 1.81. The van der Waals surface area contributed by atoms with Crippen LogP contribution < -0.4 is 5.73 Å². The Hall–Kier alpha value is -0.840. The number of carbonyl (C=O) groups excluding carboxylic acids is 1. The normalized spacial score (nSPS) is 23.0. The molecule has 0 radical (unpaired) electrons. The van der Waals surface area contributed by atoms with E-state index in [9.17, 15) is 4.79 Å². The summed E-state index contributed by atoms with van der Waals surface area (Å²) in [4.78, 5) is 14.9. The highest BCUT2D eigenvalue weighted by Crippen LogP contribution is 2.24. The maximum Gasteiger partial charge on any atom is 0.229 e. The van der Waals surface area contributed by atoms with Gasteiger partial charge in [-0.25, -0.2) is 0 Å². The van der Waals surface area contributed by atoms with Gasteiger partial charge in [0.25, 0.3) is 0 Å². The van der Waals surface area contributed by atoms with Gasteiger partial charge in [0.05, 0.1) is 16.8 Å². The molecule has 17 heavy (non-hydrogen) atoms. The number of hydrogen-bond donors (Lipinski definition) is 1. The lowest BCUT2D eigenvalue weighted by Crippen LogP contribution is -2.32. The predicted octanol–water partition coefficient (Wildman–Crippen LogP) is 2.26. The number of hydrogen-bond acceptors (Lipinski definition) is 3. The van der Waals surface area contributed by atoms with Gasteiger partial charge in [-0.3, -0.25) is 4.79 Å². The highest BCUT2D eigenvalue weighted by atomic mass is 35.5. The Balaban J connectivity index is 1.94. The van der Waals surface area contributed by atoms with E-state index in [0.717, 1.165) is 9.21 Å². The fourth-order valence-corrected chi connectivity index (χ4v) is 3.08. The first-order chi connectivity index (χ1) is 8.06. The smallest absolute Gasteiger partial charge is 0.229 e. The maximum atomic E-state index is 12.1. The van der Waals surface area contributed by atoms with Crippen LogP contribution in [0.1, 0.15) is 11.3 Å². The third-order valence-electron chi connectivity index (χ3n) is 2.83. The molecular weight excluding hydrogens is 256 g/mol. The maximum absolute atomic E-state index is 12.1. The Morgan fingerprint density at radius 3 is 2.88 bits per heavy atom. The predicted molar refractivity (Wildman–Crippen MR) is 71.0 cm³/mol. The van der Waals surface area contributed by atoms with E-state index in [-0.39, 0.29) is 17.9 Å². The molecule has 2 N–H and O–H groups in total. The van der Waals surface area contributed by atoms with Crippen molar-refractivity contribution in [3.8, 4) is 0 Å². The third kappa shape index (κ3) is 3.09. The van der Waals surface area contributed by atoms with Crippen molar-refractivity contribution in [2.45, 2.75) is 19.0 Å². The number of nitrogens with two attached hydrogens (primary N) is 1. The van der Waals surface area contributed by atoms with Crippen molar-refractivity contribution >= 4 is 28.8 Å². The lowest BCUT2D eigenvalue weighted by molar-refractivity contribution is -0.133. The van der Waals surface area contributed by atoms with Gasteiger partial charge in [-0.1, -0.05) is 23.8 Å². The molecule has 1 aromatic heterocycles. The van der Waals surface area contributed by atoms with Gasteiger partial charge >= 0.3 is 0 Å². The fraction of sp³-hybridized carbons (Fsp3) is 0.417. The van der Waals surface area contributed by atoms with Crippen LogP contribution in [0, 0.1) is 5.92 Å². The zero-order valence-corrected chi connectivity index (χ0v) is 11.2. The number of carbonyl (C=O) groups is 1. The molecule has 1 heterocycles. The highest BCUT2D eigenvalue weighted by Gasteiger charge is 2.25. The molecular formula is C12H15ClN2OS. The Morgan fingerprint density at radius 1 is 1.59 bits per heavy atom. The van der Waals surface area contributed by atoms with E-state index in [4.69, 9.17) is 17.3 Å². The molecule has 0 saturated heterocycles. The van der Waals surface area contributed by atoms with Gasteiger partial charge < -0.3 is 10.6 Å². The molecule has 1 aliphatic rings. The number of rotatable bonds is 3. The minimum atomic E-state index is -0.0644. The third-order valence-corrected chi connectivity index (χ3v) is 4.05. The van der Waals surface area contributed by atoms with Crippen molar-refractivity contribution in [3.05, 3.63) is 33.5 Å². The molecule has 2 rings (SSSR count). The lowest BCUT2D eigenvalue weighted by atomic mass is 10.1. The molecule has 0 spiro atoms. The first kappa shape index (κ1) is 12.6. The Morgan fingerprint density at radius 2 is 2.35 bits per heavy atom. The standard InChI is InChI=1S/C12H15ClN2OS/c1-15(7-10-4-5-11(13)17-10)12(16)8-2-3-9(14)6-8/h2-5,8-9H,6-7,14H2,1H3. The van der Waals surface area contributed by atoms with Crippen LogP contribution in [-0.4, -0.2) is 23.9 Å². The van der Waals surface area contributed by atoms with Crippen LogP contribution in [0.15, 0.2) is 24.3 Å². The first-order valence-corrected chi connectivity index (χ1v) is 6.69. The van der Waals surface area contributed by atoms with Crippen molar-refractivity contribution in [2.75, 3.05) is 7.05 Å². The first-order valence-electron chi connectivity index (χ1n) is 5.49. The highest BCUT2D eigenvalue weighted by molar-refractivity contribution is 7.16. The minimum Gasteiger partial charge on any atom is -0.340 e. The topological polar surface area (TPSA) is 46.3 Å². The van der Waals surface area contributed by atoms with Crippen molar-refractivity contribution in [1.29, 1.82) is 0 Å². The van der Waals surface area contributed by atoms with E-state index in [1.54, 1.807) is 4.90 Å². The molecule has 0 saturated carbocycles. The second-order valence-electron chi connectivity index (χ2n) is 4.29. The Labute approximate surface area is 110 Å². The molecule has 92 valence electrons. The molecule has 0 bridgehead atoms. The van der Waals surface area contributed by atoms with Gasteiger partial charge in [-0.15, -0.1) is 11.3 Å². The summed E-state index contributed by atoms with van der Waals surface area (Å²) in [6.45, 7) is 0.607. The number of nitrogens with zero attached hydrogens (tertiary/aromatic N) is 1. The quantitative estimate of drug-likeness (QED) is 0.857. The molecule has 2 atom stereocenters. The molecule has 0 aromatic carbocycles.